The molecule has 0 saturated heterocycles. The Kier molecular flexibility index (Phi) is 9.42. The van der Waals surface area contributed by atoms with Crippen LogP contribution in [0.25, 0.3) is 22.5 Å². The number of para-hydroxylation sites is 1. The Morgan fingerprint density at radius 1 is 1.06 bits per heavy atom. The van der Waals surface area contributed by atoms with E-state index in [-0.39, 0.29) is 5.78 Å². The predicted molar refractivity (Wildman–Crippen MR) is 139 cm³/mol. The second-order valence-corrected chi connectivity index (χ2v) is 8.27. The van der Waals surface area contributed by atoms with Crippen LogP contribution in [-0.4, -0.2) is 20.0 Å². The number of nitrogens with one attached hydrogen (secondary N) is 1. The molecule has 0 aliphatic heterocycles. The van der Waals surface area contributed by atoms with Crippen molar-refractivity contribution in [1.29, 1.82) is 0 Å². The van der Waals surface area contributed by atoms with Crippen LogP contribution >= 0.6 is 0 Å². The molecule has 4 rings (SSSR count). The van der Waals surface area contributed by atoms with Crippen molar-refractivity contribution >= 4 is 34.0 Å². The van der Waals surface area contributed by atoms with Gasteiger partial charge in [0.15, 0.2) is 5.78 Å². The van der Waals surface area contributed by atoms with E-state index in [1.807, 2.05) is 43.3 Å². The molecule has 32 heavy (non-hydrogen) atoms. The Labute approximate surface area is 192 Å². The van der Waals surface area contributed by atoms with Gasteiger partial charge < -0.3 is 10.1 Å². The lowest BCUT2D eigenvalue weighted by atomic mass is 10.0. The molecule has 0 radical (unpaired) electrons. The summed E-state index contributed by atoms with van der Waals surface area (Å²) in [7, 11) is 3.25. The van der Waals surface area contributed by atoms with E-state index in [0.29, 0.717) is 5.56 Å². The van der Waals surface area contributed by atoms with E-state index in [4.69, 9.17) is 0 Å². The van der Waals surface area contributed by atoms with Crippen molar-refractivity contribution in [3.05, 3.63) is 90.0 Å². The van der Waals surface area contributed by atoms with Crippen LogP contribution in [0.4, 0.5) is 5.69 Å². The molecule has 3 heteroatoms. The maximum atomic E-state index is 11.9. The number of methoxy groups -OCH3 is 1. The van der Waals surface area contributed by atoms with Crippen LogP contribution in [-0.2, 0) is 4.74 Å². The number of ether oxygens (including phenoxy) is 1. The normalized spacial score (nSPS) is 12.0. The maximum Gasteiger partial charge on any atom is 0.161 e. The molecular weight excluding hydrogens is 394 g/mol. The zero-order chi connectivity index (χ0) is 23.7. The van der Waals surface area contributed by atoms with E-state index in [1.165, 1.54) is 12.8 Å². The number of Topliss-reactive ketones (excluding diaryl/α,β-unsaturated/α-hetero) is 1. The van der Waals surface area contributed by atoms with Crippen LogP contribution < -0.4 is 5.32 Å². The second-order valence-electron chi connectivity index (χ2n) is 8.27. The molecule has 0 atom stereocenters. The summed E-state index contributed by atoms with van der Waals surface area (Å²) in [4.78, 5) is 11.9. The van der Waals surface area contributed by atoms with E-state index >= 15 is 0 Å². The monoisotopic (exact) mass is 429 g/mol. The number of anilines is 1. The summed E-state index contributed by atoms with van der Waals surface area (Å²) in [5.74, 6) is 1.12. The minimum absolute atomic E-state index is 0.0365. The number of aryl methyl sites for hydroxylation is 1. The number of hydrogen-bond acceptors (Lipinski definition) is 3. The fourth-order valence-electron chi connectivity index (χ4n) is 3.10. The summed E-state index contributed by atoms with van der Waals surface area (Å²) in [6.45, 7) is 13.8. The van der Waals surface area contributed by atoms with Gasteiger partial charge in [-0.1, -0.05) is 75.4 Å². The van der Waals surface area contributed by atoms with Crippen molar-refractivity contribution in [2.75, 3.05) is 19.5 Å². The van der Waals surface area contributed by atoms with Crippen molar-refractivity contribution in [1.82, 2.24) is 0 Å². The highest BCUT2D eigenvalue weighted by molar-refractivity contribution is 6.02. The third-order valence-corrected chi connectivity index (χ3v) is 5.24. The number of hydrogen-bond donors (Lipinski definition) is 1. The van der Waals surface area contributed by atoms with Gasteiger partial charge in [0.1, 0.15) is 0 Å². The molecule has 0 unspecified atom stereocenters. The number of fused-ring (bicyclic) bond motifs is 1. The second kappa shape index (κ2) is 12.0. The average molecular weight is 430 g/mol. The SMILES string of the molecule is C=Cc1ccc2cc(C(=C)Nc3c(C)cccc3C(C)=O)ccc2c1.CC1CC1.COC. The van der Waals surface area contributed by atoms with Gasteiger partial charge in [0.05, 0.1) is 5.69 Å². The molecule has 168 valence electrons. The quantitative estimate of drug-likeness (QED) is 0.421. The molecule has 1 N–H and O–H groups in total. The molecule has 1 fully saturated rings. The minimum atomic E-state index is 0.0365. The highest BCUT2D eigenvalue weighted by Crippen LogP contribution is 2.28. The maximum absolute atomic E-state index is 11.9. The van der Waals surface area contributed by atoms with Crippen molar-refractivity contribution in [2.24, 2.45) is 5.92 Å². The van der Waals surface area contributed by atoms with Gasteiger partial charge in [0.2, 0.25) is 0 Å². The molecular formula is C29H35NO2. The molecule has 1 aliphatic carbocycles. The first-order valence-electron chi connectivity index (χ1n) is 10.9. The zero-order valence-corrected chi connectivity index (χ0v) is 20.0. The third kappa shape index (κ3) is 7.21. The molecule has 0 bridgehead atoms. The van der Waals surface area contributed by atoms with Gasteiger partial charge in [-0.25, -0.2) is 0 Å². The van der Waals surface area contributed by atoms with Gasteiger partial charge in [-0.05, 0) is 65.4 Å². The fraction of sp³-hybridized carbons (Fsp3) is 0.276. The highest BCUT2D eigenvalue weighted by atomic mass is 16.4. The van der Waals surface area contributed by atoms with Crippen LogP contribution in [0, 0.1) is 12.8 Å². The lowest BCUT2D eigenvalue weighted by molar-refractivity contribution is 0.101. The molecule has 0 amide bonds. The Morgan fingerprint density at radius 2 is 1.66 bits per heavy atom. The Balaban J connectivity index is 0.000000448. The fourth-order valence-corrected chi connectivity index (χ4v) is 3.10. The predicted octanol–water partition coefficient (Wildman–Crippen LogP) is 7.76. The molecule has 1 saturated carbocycles. The highest BCUT2D eigenvalue weighted by Gasteiger charge is 2.13. The Bertz CT molecular complexity index is 1090. The first-order chi connectivity index (χ1) is 15.3. The average Bonchev–Trinajstić information content (AvgIpc) is 3.57. The topological polar surface area (TPSA) is 38.3 Å². The smallest absolute Gasteiger partial charge is 0.161 e. The van der Waals surface area contributed by atoms with Gasteiger partial charge in [-0.15, -0.1) is 0 Å². The summed E-state index contributed by atoms with van der Waals surface area (Å²) in [5.41, 5.74) is 5.39. The van der Waals surface area contributed by atoms with Crippen molar-refractivity contribution in [3.63, 3.8) is 0 Å². The molecule has 3 nitrogen and oxygen atoms in total. The van der Waals surface area contributed by atoms with E-state index in [1.54, 1.807) is 21.1 Å². The first kappa shape index (κ1) is 25.1. The van der Waals surface area contributed by atoms with Gasteiger partial charge in [0.25, 0.3) is 0 Å². The molecule has 0 heterocycles. The third-order valence-electron chi connectivity index (χ3n) is 5.24. The van der Waals surface area contributed by atoms with Crippen molar-refractivity contribution in [3.8, 4) is 0 Å². The minimum Gasteiger partial charge on any atom is -0.388 e. The summed E-state index contributed by atoms with van der Waals surface area (Å²) < 4.78 is 4.25. The van der Waals surface area contributed by atoms with Gasteiger partial charge in [-0.3, -0.25) is 4.79 Å². The molecule has 0 aromatic heterocycles. The summed E-state index contributed by atoms with van der Waals surface area (Å²) in [6.07, 6.45) is 4.81. The zero-order valence-electron chi connectivity index (χ0n) is 20.0. The van der Waals surface area contributed by atoms with Crippen molar-refractivity contribution in [2.45, 2.75) is 33.6 Å². The Morgan fingerprint density at radius 3 is 2.22 bits per heavy atom. The molecule has 3 aromatic rings. The Hall–Kier alpha value is -3.17. The number of benzene rings is 3. The number of carbonyl (C=O) groups is 1. The number of rotatable bonds is 5. The van der Waals surface area contributed by atoms with Gasteiger partial charge in [0, 0.05) is 25.5 Å². The van der Waals surface area contributed by atoms with Gasteiger partial charge >= 0.3 is 0 Å². The summed E-state index contributed by atoms with van der Waals surface area (Å²) in [6, 6.07) is 18.2. The number of ketones is 1. The molecule has 0 spiro atoms. The number of carbonyl (C=O) groups excluding carboxylic acids is 1. The van der Waals surface area contributed by atoms with Gasteiger partial charge in [-0.2, -0.15) is 0 Å². The van der Waals surface area contributed by atoms with Crippen LogP contribution in [0.5, 0.6) is 0 Å². The van der Waals surface area contributed by atoms with Crippen LogP contribution in [0.2, 0.25) is 0 Å². The van der Waals surface area contributed by atoms with Crippen molar-refractivity contribution < 1.29 is 9.53 Å². The van der Waals surface area contributed by atoms with Crippen LogP contribution in [0.3, 0.4) is 0 Å². The van der Waals surface area contributed by atoms with E-state index < -0.39 is 0 Å². The summed E-state index contributed by atoms with van der Waals surface area (Å²) in [5, 5.41) is 5.63. The summed E-state index contributed by atoms with van der Waals surface area (Å²) >= 11 is 0. The molecule has 3 aromatic carbocycles. The van der Waals surface area contributed by atoms with Crippen LogP contribution in [0.15, 0.2) is 67.8 Å². The molecule has 1 aliphatic rings. The lowest BCUT2D eigenvalue weighted by Crippen LogP contribution is -2.05. The van der Waals surface area contributed by atoms with E-state index in [0.717, 1.165) is 44.8 Å². The van der Waals surface area contributed by atoms with Crippen LogP contribution in [0.1, 0.15) is 53.7 Å². The lowest BCUT2D eigenvalue weighted by Gasteiger charge is -2.16. The first-order valence-corrected chi connectivity index (χ1v) is 10.9. The van der Waals surface area contributed by atoms with E-state index in [2.05, 4.69) is 54.4 Å². The largest absolute Gasteiger partial charge is 0.388 e. The van der Waals surface area contributed by atoms with E-state index in [9.17, 15) is 4.79 Å². The standard InChI is InChI=1S/C23H21NO.C4H8.C2H6O/c1-5-18-9-10-21-14-19(11-12-20(21)13-18)16(3)24-23-15(2)7-6-8-22(23)17(4)25;1-4-2-3-4;1-3-2/h5-14,24H,1,3H2,2,4H3;4H,2-3H2,1H3;1-2H3.